The normalized spacial score (nSPS) is 22.1. The van der Waals surface area contributed by atoms with E-state index in [9.17, 15) is 15.0 Å². The molecule has 1 heterocycles. The zero-order valence-corrected chi connectivity index (χ0v) is 17.6. The molecule has 164 valence electrons. The van der Waals surface area contributed by atoms with E-state index in [1.165, 1.54) is 0 Å². The molecule has 2 aromatic carbocycles. The zero-order chi connectivity index (χ0) is 22.3. The minimum atomic E-state index is -1.47. The summed E-state index contributed by atoms with van der Waals surface area (Å²) in [6.45, 7) is 1.87. The highest BCUT2D eigenvalue weighted by Gasteiger charge is 2.36. The summed E-state index contributed by atoms with van der Waals surface area (Å²) in [5.41, 5.74) is 1.27. The number of alkyl halides is 1. The molecule has 0 aromatic heterocycles. The quantitative estimate of drug-likeness (QED) is 0.638. The Bertz CT molecular complexity index is 829. The fourth-order valence-electron chi connectivity index (χ4n) is 3.24. The highest BCUT2D eigenvalue weighted by Crippen LogP contribution is 2.37. The Hall–Kier alpha value is -2.03. The summed E-state index contributed by atoms with van der Waals surface area (Å²) in [5.74, 6) is 0.105. The van der Waals surface area contributed by atoms with E-state index in [0.29, 0.717) is 23.5 Å². The molecule has 1 aliphatic rings. The lowest BCUT2D eigenvalue weighted by Gasteiger charge is -2.31. The summed E-state index contributed by atoms with van der Waals surface area (Å²) in [4.78, 5) is 11.8. The lowest BCUT2D eigenvalue weighted by atomic mass is 9.93. The maximum atomic E-state index is 15.2. The predicted molar refractivity (Wildman–Crippen MR) is 110 cm³/mol. The van der Waals surface area contributed by atoms with E-state index < -0.39 is 36.9 Å². The maximum Gasteiger partial charge on any atom is 0.192 e. The second-order valence-corrected chi connectivity index (χ2v) is 7.00. The van der Waals surface area contributed by atoms with Crippen LogP contribution in [-0.4, -0.2) is 53.6 Å². The smallest absolute Gasteiger partial charge is 0.192 e. The number of aliphatic hydroxyl groups is 3. The van der Waals surface area contributed by atoms with Crippen LogP contribution in [0, 0.1) is 0 Å². The second kappa shape index (κ2) is 11.4. The van der Waals surface area contributed by atoms with Crippen molar-refractivity contribution in [1.29, 1.82) is 0 Å². The monoisotopic (exact) mass is 440 g/mol. The number of aliphatic hydroxyl groups excluding tert-OH is 3. The van der Waals surface area contributed by atoms with Gasteiger partial charge in [0.15, 0.2) is 12.0 Å². The van der Waals surface area contributed by atoms with Crippen LogP contribution in [-0.2, 0) is 9.53 Å². The van der Waals surface area contributed by atoms with Crippen LogP contribution in [0.4, 0.5) is 4.39 Å². The Labute approximate surface area is 179 Å². The first-order valence-corrected chi connectivity index (χ1v) is 9.91. The molecule has 2 aromatic rings. The molecule has 8 heteroatoms. The van der Waals surface area contributed by atoms with Gasteiger partial charge in [0.05, 0.1) is 19.3 Å². The van der Waals surface area contributed by atoms with Gasteiger partial charge in [0.1, 0.15) is 18.0 Å². The van der Waals surface area contributed by atoms with Crippen molar-refractivity contribution < 1.29 is 34.0 Å². The first kappa shape index (κ1) is 24.2. The Balaban J connectivity index is 0.00000155. The number of ether oxygens (including phenoxy) is 2. The van der Waals surface area contributed by atoms with E-state index in [4.69, 9.17) is 26.2 Å². The molecule has 1 saturated heterocycles. The van der Waals surface area contributed by atoms with Gasteiger partial charge in [0.25, 0.3) is 0 Å². The third-order valence-corrected chi connectivity index (χ3v) is 5.07. The minimum Gasteiger partial charge on any atom is -0.494 e. The second-order valence-electron chi connectivity index (χ2n) is 6.60. The first-order valence-electron chi connectivity index (χ1n) is 9.53. The molecule has 4 atom stereocenters. The summed E-state index contributed by atoms with van der Waals surface area (Å²) in [6, 6.07) is 11.5. The number of carbonyl (C=O) groups is 1. The summed E-state index contributed by atoms with van der Waals surface area (Å²) in [7, 11) is 1.00. The van der Waals surface area contributed by atoms with E-state index in [1.54, 1.807) is 42.5 Å². The number of benzene rings is 2. The number of halogens is 2. The molecule has 0 spiro atoms. The molecule has 0 amide bonds. The molecule has 0 bridgehead atoms. The van der Waals surface area contributed by atoms with Crippen LogP contribution in [0.3, 0.4) is 0 Å². The number of ketones is 1. The fraction of sp³-hybridized carbons (Fsp3) is 0.409. The largest absolute Gasteiger partial charge is 0.494 e. The predicted octanol–water partition coefficient (Wildman–Crippen LogP) is 3.16. The van der Waals surface area contributed by atoms with Crippen molar-refractivity contribution >= 4 is 17.4 Å². The molecule has 30 heavy (non-hydrogen) atoms. The summed E-state index contributed by atoms with van der Waals surface area (Å²) in [6.07, 6.45) is -4.40. The van der Waals surface area contributed by atoms with Crippen molar-refractivity contribution in [2.24, 2.45) is 0 Å². The van der Waals surface area contributed by atoms with Crippen molar-refractivity contribution in [3.05, 3.63) is 64.2 Å². The molecule has 0 radical (unpaired) electrons. The SMILES string of the molecule is CCOc1ccc(C(F)c2cc(C3CC(O)C(=O)C(CO)O3)ccc2Cl)cc1.CO. The number of Topliss-reactive ketones (excluding diaryl/α,β-unsaturated/α-hetero) is 1. The van der Waals surface area contributed by atoms with Gasteiger partial charge >= 0.3 is 0 Å². The van der Waals surface area contributed by atoms with Crippen LogP contribution >= 0.6 is 11.6 Å². The fourth-order valence-corrected chi connectivity index (χ4v) is 3.45. The van der Waals surface area contributed by atoms with Crippen molar-refractivity contribution in [2.75, 3.05) is 20.3 Å². The van der Waals surface area contributed by atoms with Crippen molar-refractivity contribution in [1.82, 2.24) is 0 Å². The van der Waals surface area contributed by atoms with Gasteiger partial charge in [-0.15, -0.1) is 0 Å². The van der Waals surface area contributed by atoms with Crippen molar-refractivity contribution in [3.63, 3.8) is 0 Å². The molecule has 6 nitrogen and oxygen atoms in total. The highest BCUT2D eigenvalue weighted by molar-refractivity contribution is 6.31. The molecule has 1 fully saturated rings. The van der Waals surface area contributed by atoms with Crippen LogP contribution in [0.5, 0.6) is 5.75 Å². The van der Waals surface area contributed by atoms with Crippen LogP contribution in [0.25, 0.3) is 0 Å². The van der Waals surface area contributed by atoms with Crippen LogP contribution in [0.1, 0.15) is 42.3 Å². The molecule has 1 aliphatic heterocycles. The molecule has 3 rings (SSSR count). The van der Waals surface area contributed by atoms with Gasteiger partial charge in [-0.2, -0.15) is 0 Å². The van der Waals surface area contributed by atoms with Crippen LogP contribution < -0.4 is 4.74 Å². The Kier molecular flexibility index (Phi) is 9.20. The third-order valence-electron chi connectivity index (χ3n) is 4.73. The van der Waals surface area contributed by atoms with Gasteiger partial charge in [-0.3, -0.25) is 4.79 Å². The Morgan fingerprint density at radius 3 is 2.50 bits per heavy atom. The van der Waals surface area contributed by atoms with Crippen LogP contribution in [0.2, 0.25) is 5.02 Å². The van der Waals surface area contributed by atoms with Crippen LogP contribution in [0.15, 0.2) is 42.5 Å². The van der Waals surface area contributed by atoms with E-state index in [2.05, 4.69) is 0 Å². The highest BCUT2D eigenvalue weighted by atomic mass is 35.5. The van der Waals surface area contributed by atoms with Gasteiger partial charge in [-0.1, -0.05) is 29.8 Å². The van der Waals surface area contributed by atoms with E-state index in [0.717, 1.165) is 7.11 Å². The van der Waals surface area contributed by atoms with E-state index in [1.807, 2.05) is 6.92 Å². The van der Waals surface area contributed by atoms with Gasteiger partial charge < -0.3 is 24.8 Å². The third kappa shape index (κ3) is 5.56. The average Bonchev–Trinajstić information content (AvgIpc) is 2.77. The molecule has 0 saturated carbocycles. The summed E-state index contributed by atoms with van der Waals surface area (Å²) < 4.78 is 26.1. The molecule has 0 aliphatic carbocycles. The zero-order valence-electron chi connectivity index (χ0n) is 16.8. The summed E-state index contributed by atoms with van der Waals surface area (Å²) in [5, 5.41) is 26.5. The molecule has 4 unspecified atom stereocenters. The number of hydrogen-bond donors (Lipinski definition) is 3. The molecular formula is C22H26ClFO6. The summed E-state index contributed by atoms with van der Waals surface area (Å²) >= 11 is 6.22. The van der Waals surface area contributed by atoms with Gasteiger partial charge in [-0.05, 0) is 42.3 Å². The number of carbonyl (C=O) groups excluding carboxylic acids is 1. The van der Waals surface area contributed by atoms with Gasteiger partial charge in [0.2, 0.25) is 0 Å². The van der Waals surface area contributed by atoms with E-state index in [-0.39, 0.29) is 17.0 Å². The minimum absolute atomic E-state index is 0.0381. The van der Waals surface area contributed by atoms with Gasteiger partial charge in [-0.25, -0.2) is 4.39 Å². The standard InChI is InChI=1S/C21H22ClFO5.CH4O/c1-2-27-14-6-3-12(4-7-14)20(23)15-9-13(5-8-16(15)22)18-10-17(25)21(26)19(11-24)28-18;1-2/h3-9,17-20,24-25H,2,10-11H2,1H3;2H,1H3. The number of hydrogen-bond acceptors (Lipinski definition) is 6. The Morgan fingerprint density at radius 2 is 1.90 bits per heavy atom. The maximum absolute atomic E-state index is 15.2. The lowest BCUT2D eigenvalue weighted by Crippen LogP contribution is -2.43. The molecular weight excluding hydrogens is 415 g/mol. The van der Waals surface area contributed by atoms with Crippen molar-refractivity contribution in [2.45, 2.75) is 37.8 Å². The topological polar surface area (TPSA) is 96.2 Å². The van der Waals surface area contributed by atoms with Crippen molar-refractivity contribution in [3.8, 4) is 5.75 Å². The van der Waals surface area contributed by atoms with E-state index >= 15 is 4.39 Å². The average molecular weight is 441 g/mol. The van der Waals surface area contributed by atoms with Gasteiger partial charge in [0, 0.05) is 24.1 Å². The first-order chi connectivity index (χ1) is 14.4. The molecule has 3 N–H and O–H groups in total. The number of rotatable bonds is 6. The lowest BCUT2D eigenvalue weighted by molar-refractivity contribution is -0.161. The Morgan fingerprint density at radius 1 is 1.23 bits per heavy atom.